The summed E-state index contributed by atoms with van der Waals surface area (Å²) in [6.45, 7) is 1.44. The molecule has 0 fully saturated rings. The molecule has 0 bridgehead atoms. The number of aromatic carboxylic acids is 1. The highest BCUT2D eigenvalue weighted by Crippen LogP contribution is 2.28. The predicted octanol–water partition coefficient (Wildman–Crippen LogP) is 0.0791. The number of rotatable bonds is 2. The van der Waals surface area contributed by atoms with E-state index >= 15 is 0 Å². The van der Waals surface area contributed by atoms with Gasteiger partial charge < -0.3 is 19.7 Å². The lowest BCUT2D eigenvalue weighted by Crippen LogP contribution is -2.32. The third-order valence-electron chi connectivity index (χ3n) is 2.95. The number of aromatic nitrogens is 1. The lowest BCUT2D eigenvalue weighted by molar-refractivity contribution is 0.0676. The highest BCUT2D eigenvalue weighted by atomic mass is 32.2. The van der Waals surface area contributed by atoms with E-state index in [1.807, 2.05) is 0 Å². The fraction of sp³-hybridized carbons (Fsp3) is 0.364. The molecule has 1 aromatic heterocycles. The van der Waals surface area contributed by atoms with Crippen LogP contribution in [-0.4, -0.2) is 46.2 Å². The number of aliphatic hydroxyl groups excluding tert-OH is 1. The number of carboxylic acids is 1. The van der Waals surface area contributed by atoms with E-state index in [4.69, 9.17) is 5.11 Å². The Kier molecular flexibility index (Phi) is 3.15. The van der Waals surface area contributed by atoms with Crippen LogP contribution in [0.4, 0.5) is 0 Å². The van der Waals surface area contributed by atoms with E-state index in [9.17, 15) is 18.3 Å². The summed E-state index contributed by atoms with van der Waals surface area (Å²) in [5.74, 6) is -1.59. The SMILES string of the molecule is C[C@H](O)N1C=Cc2c(cn(C)c2C(=O)O)S(=O)(=O)C1. The molecule has 0 amide bonds. The lowest BCUT2D eigenvalue weighted by Gasteiger charge is -2.21. The summed E-state index contributed by atoms with van der Waals surface area (Å²) in [7, 11) is -2.21. The van der Waals surface area contributed by atoms with E-state index < -0.39 is 27.9 Å². The van der Waals surface area contributed by atoms with Gasteiger partial charge in [-0.3, -0.25) is 0 Å². The van der Waals surface area contributed by atoms with Crippen molar-refractivity contribution in [2.24, 2.45) is 7.05 Å². The smallest absolute Gasteiger partial charge is 0.353 e. The molecule has 2 N–H and O–H groups in total. The molecule has 1 aliphatic heterocycles. The van der Waals surface area contributed by atoms with E-state index in [1.54, 1.807) is 0 Å². The van der Waals surface area contributed by atoms with Crippen molar-refractivity contribution in [3.8, 4) is 0 Å². The third-order valence-corrected chi connectivity index (χ3v) is 4.59. The predicted molar refractivity (Wildman–Crippen MR) is 67.0 cm³/mol. The maximum Gasteiger partial charge on any atom is 0.353 e. The van der Waals surface area contributed by atoms with Crippen LogP contribution >= 0.6 is 0 Å². The number of nitrogens with zero attached hydrogens (tertiary/aromatic N) is 2. The highest BCUT2D eigenvalue weighted by Gasteiger charge is 2.30. The number of hydrogen-bond donors (Lipinski definition) is 2. The Balaban J connectivity index is 2.68. The average molecular weight is 286 g/mol. The average Bonchev–Trinajstić information content (AvgIpc) is 2.55. The van der Waals surface area contributed by atoms with E-state index in [2.05, 4.69) is 0 Å². The minimum atomic E-state index is -3.69. The summed E-state index contributed by atoms with van der Waals surface area (Å²) in [6.07, 6.45) is 3.10. The maximum atomic E-state index is 12.2. The molecule has 2 rings (SSSR count). The first-order valence-electron chi connectivity index (χ1n) is 5.51. The Labute approximate surface area is 110 Å². The molecule has 2 heterocycles. The van der Waals surface area contributed by atoms with Crippen molar-refractivity contribution in [2.75, 3.05) is 5.88 Å². The van der Waals surface area contributed by atoms with Crippen molar-refractivity contribution in [3.63, 3.8) is 0 Å². The molecule has 7 nitrogen and oxygen atoms in total. The summed E-state index contributed by atoms with van der Waals surface area (Å²) in [5.41, 5.74) is 0.0421. The Morgan fingerprint density at radius 2 is 2.11 bits per heavy atom. The molecular weight excluding hydrogens is 272 g/mol. The lowest BCUT2D eigenvalue weighted by atomic mass is 10.2. The molecule has 0 unspecified atom stereocenters. The topological polar surface area (TPSA) is 99.8 Å². The van der Waals surface area contributed by atoms with Gasteiger partial charge in [-0.25, -0.2) is 13.2 Å². The van der Waals surface area contributed by atoms with Gasteiger partial charge in [0.15, 0.2) is 9.84 Å². The molecular formula is C11H14N2O5S. The molecule has 104 valence electrons. The number of carboxylic acid groups (broad SMARTS) is 1. The highest BCUT2D eigenvalue weighted by molar-refractivity contribution is 7.91. The van der Waals surface area contributed by atoms with Gasteiger partial charge in [0.2, 0.25) is 0 Å². The fourth-order valence-corrected chi connectivity index (χ4v) is 3.66. The van der Waals surface area contributed by atoms with E-state index in [-0.39, 0.29) is 16.2 Å². The zero-order valence-corrected chi connectivity index (χ0v) is 11.3. The monoisotopic (exact) mass is 286 g/mol. The van der Waals surface area contributed by atoms with Gasteiger partial charge in [0.05, 0.1) is 4.90 Å². The standard InChI is InChI=1S/C11H14N2O5S/c1-7(14)13-4-3-8-9(19(17,18)6-13)5-12(2)10(8)11(15)16/h3-5,7,14H,6H2,1-2H3,(H,15,16)/t7-/m0/s1. The van der Waals surface area contributed by atoms with Crippen molar-refractivity contribution >= 4 is 21.9 Å². The molecule has 0 radical (unpaired) electrons. The van der Waals surface area contributed by atoms with Crippen molar-refractivity contribution in [1.29, 1.82) is 0 Å². The second kappa shape index (κ2) is 4.39. The normalized spacial score (nSPS) is 18.8. The third kappa shape index (κ3) is 2.24. The minimum absolute atomic E-state index is 0.0354. The Bertz CT molecular complexity index is 657. The van der Waals surface area contributed by atoms with Gasteiger partial charge in [-0.1, -0.05) is 0 Å². The quantitative estimate of drug-likeness (QED) is 0.798. The fourth-order valence-electron chi connectivity index (χ4n) is 2.00. The summed E-state index contributed by atoms with van der Waals surface area (Å²) in [6, 6.07) is 0. The van der Waals surface area contributed by atoms with Gasteiger partial charge >= 0.3 is 5.97 Å². The van der Waals surface area contributed by atoms with Gasteiger partial charge in [-0.15, -0.1) is 0 Å². The van der Waals surface area contributed by atoms with Crippen LogP contribution in [0.2, 0.25) is 0 Å². The largest absolute Gasteiger partial charge is 0.477 e. The van der Waals surface area contributed by atoms with Crippen LogP contribution in [0.5, 0.6) is 0 Å². The van der Waals surface area contributed by atoms with Gasteiger partial charge in [-0.05, 0) is 13.0 Å². The van der Waals surface area contributed by atoms with Crippen molar-refractivity contribution in [1.82, 2.24) is 9.47 Å². The molecule has 0 aromatic carbocycles. The Hall–Kier alpha value is -1.80. The first-order chi connectivity index (χ1) is 8.74. The van der Waals surface area contributed by atoms with Gasteiger partial charge in [0.1, 0.15) is 17.8 Å². The van der Waals surface area contributed by atoms with Crippen LogP contribution in [-0.2, 0) is 16.9 Å². The summed E-state index contributed by atoms with van der Waals surface area (Å²) >= 11 is 0. The number of sulfone groups is 1. The summed E-state index contributed by atoms with van der Waals surface area (Å²) in [4.78, 5) is 12.4. The number of aliphatic hydroxyl groups is 1. The number of carbonyl (C=O) groups is 1. The zero-order chi connectivity index (χ0) is 14.4. The van der Waals surface area contributed by atoms with Crippen LogP contribution in [0.1, 0.15) is 23.0 Å². The maximum absolute atomic E-state index is 12.2. The van der Waals surface area contributed by atoms with Crippen LogP contribution in [0.15, 0.2) is 17.3 Å². The number of fused-ring (bicyclic) bond motifs is 1. The number of hydrogen-bond acceptors (Lipinski definition) is 5. The first-order valence-corrected chi connectivity index (χ1v) is 7.16. The second-order valence-electron chi connectivity index (χ2n) is 4.38. The van der Waals surface area contributed by atoms with Crippen LogP contribution in [0.3, 0.4) is 0 Å². The molecule has 0 spiro atoms. The Morgan fingerprint density at radius 3 is 2.63 bits per heavy atom. The zero-order valence-electron chi connectivity index (χ0n) is 10.4. The van der Waals surface area contributed by atoms with E-state index in [1.165, 1.54) is 41.9 Å². The number of aryl methyl sites for hydroxylation is 1. The summed E-state index contributed by atoms with van der Waals surface area (Å²) in [5, 5.41) is 18.6. The molecule has 0 aliphatic carbocycles. The molecule has 1 aromatic rings. The van der Waals surface area contributed by atoms with Gasteiger partial charge in [0, 0.05) is 25.0 Å². The molecule has 0 saturated heterocycles. The molecule has 8 heteroatoms. The van der Waals surface area contributed by atoms with Crippen molar-refractivity contribution in [2.45, 2.75) is 18.0 Å². The second-order valence-corrected chi connectivity index (χ2v) is 6.30. The van der Waals surface area contributed by atoms with Crippen molar-refractivity contribution < 1.29 is 23.4 Å². The molecule has 19 heavy (non-hydrogen) atoms. The molecule has 0 saturated carbocycles. The first kappa shape index (κ1) is 13.6. The van der Waals surface area contributed by atoms with Gasteiger partial charge in [-0.2, -0.15) is 0 Å². The van der Waals surface area contributed by atoms with Crippen LogP contribution in [0, 0.1) is 0 Å². The Morgan fingerprint density at radius 1 is 1.47 bits per heavy atom. The van der Waals surface area contributed by atoms with E-state index in [0.717, 1.165) is 0 Å². The van der Waals surface area contributed by atoms with Gasteiger partial charge in [0.25, 0.3) is 0 Å². The molecule has 1 atom stereocenters. The van der Waals surface area contributed by atoms with Crippen molar-refractivity contribution in [3.05, 3.63) is 23.7 Å². The molecule has 1 aliphatic rings. The minimum Gasteiger partial charge on any atom is -0.477 e. The van der Waals surface area contributed by atoms with E-state index in [0.29, 0.717) is 0 Å². The van der Waals surface area contributed by atoms with Crippen LogP contribution in [0.25, 0.3) is 6.08 Å². The van der Waals surface area contributed by atoms with Crippen LogP contribution < -0.4 is 0 Å². The summed E-state index contributed by atoms with van der Waals surface area (Å²) < 4.78 is 25.7.